The largest absolute Gasteiger partial charge is 0.452 e. The van der Waals surface area contributed by atoms with Gasteiger partial charge in [0.15, 0.2) is 6.61 Å². The van der Waals surface area contributed by atoms with Crippen molar-refractivity contribution in [1.82, 2.24) is 15.2 Å². The third kappa shape index (κ3) is 4.51. The lowest BCUT2D eigenvalue weighted by Crippen LogP contribution is -2.39. The molecule has 1 N–H and O–H groups in total. The van der Waals surface area contributed by atoms with E-state index in [1.54, 1.807) is 0 Å². The number of amides is 2. The molecule has 0 fully saturated rings. The zero-order chi connectivity index (χ0) is 15.1. The van der Waals surface area contributed by atoms with Crippen LogP contribution in [0.15, 0.2) is 18.3 Å². The molecule has 0 aliphatic rings. The molecule has 0 aromatic carbocycles. The molecule has 8 heteroatoms. The molecule has 1 aromatic heterocycles. The molecule has 0 bridgehead atoms. The van der Waals surface area contributed by atoms with Gasteiger partial charge < -0.3 is 15.0 Å². The number of nitrogens with one attached hydrogen (secondary N) is 1. The van der Waals surface area contributed by atoms with E-state index in [2.05, 4.69) is 10.3 Å². The van der Waals surface area contributed by atoms with E-state index in [0.29, 0.717) is 0 Å². The van der Waals surface area contributed by atoms with Crippen LogP contribution in [0.5, 0.6) is 0 Å². The molecular formula is C12H14ClN3O4. The third-order valence-corrected chi connectivity index (χ3v) is 2.69. The van der Waals surface area contributed by atoms with Gasteiger partial charge in [0.2, 0.25) is 5.91 Å². The third-order valence-electron chi connectivity index (χ3n) is 2.39. The van der Waals surface area contributed by atoms with Crippen LogP contribution in [0.3, 0.4) is 0 Å². The number of carbonyl (C=O) groups is 3. The maximum atomic E-state index is 11.7. The Balaban J connectivity index is 2.51. The number of halogens is 1. The maximum Gasteiger partial charge on any atom is 0.341 e. The maximum absolute atomic E-state index is 11.7. The topological polar surface area (TPSA) is 88.6 Å². The number of ether oxygens (including phenoxy) is 1. The van der Waals surface area contributed by atoms with Crippen molar-refractivity contribution in [1.29, 1.82) is 0 Å². The van der Waals surface area contributed by atoms with E-state index in [1.165, 1.54) is 32.4 Å². The fourth-order valence-corrected chi connectivity index (χ4v) is 1.43. The minimum atomic E-state index is -0.746. The normalized spacial score (nSPS) is 9.75. The van der Waals surface area contributed by atoms with Gasteiger partial charge in [-0.1, -0.05) is 11.6 Å². The van der Waals surface area contributed by atoms with Gasteiger partial charge >= 0.3 is 5.97 Å². The summed E-state index contributed by atoms with van der Waals surface area (Å²) in [4.78, 5) is 39.3. The molecule has 2 amide bonds. The fourth-order valence-electron chi connectivity index (χ4n) is 1.24. The lowest BCUT2D eigenvalue weighted by atomic mass is 10.3. The molecule has 20 heavy (non-hydrogen) atoms. The molecule has 0 unspecified atom stereocenters. The lowest BCUT2D eigenvalue weighted by Gasteiger charge is -2.15. The average Bonchev–Trinajstić information content (AvgIpc) is 2.44. The van der Waals surface area contributed by atoms with Crippen LogP contribution in [0.4, 0.5) is 0 Å². The van der Waals surface area contributed by atoms with Crippen molar-refractivity contribution < 1.29 is 19.1 Å². The molecule has 0 aliphatic heterocycles. The summed E-state index contributed by atoms with van der Waals surface area (Å²) in [7, 11) is 2.90. The van der Waals surface area contributed by atoms with Gasteiger partial charge in [-0.15, -0.1) is 0 Å². The van der Waals surface area contributed by atoms with Gasteiger partial charge in [0.25, 0.3) is 5.91 Å². The van der Waals surface area contributed by atoms with Crippen LogP contribution in [-0.4, -0.2) is 54.9 Å². The summed E-state index contributed by atoms with van der Waals surface area (Å²) in [5.41, 5.74) is 0.0796. The van der Waals surface area contributed by atoms with E-state index < -0.39 is 18.5 Å². The first-order valence-corrected chi connectivity index (χ1v) is 6.05. The Kier molecular flexibility index (Phi) is 5.92. The molecule has 1 heterocycles. The molecule has 0 saturated carbocycles. The van der Waals surface area contributed by atoms with Gasteiger partial charge in [0.1, 0.15) is 5.15 Å². The van der Waals surface area contributed by atoms with E-state index in [0.717, 1.165) is 4.90 Å². The first-order valence-electron chi connectivity index (χ1n) is 5.68. The number of hydrogen-bond donors (Lipinski definition) is 1. The van der Waals surface area contributed by atoms with Gasteiger partial charge in [-0.2, -0.15) is 0 Å². The van der Waals surface area contributed by atoms with Crippen molar-refractivity contribution >= 4 is 29.4 Å². The Hall–Kier alpha value is -2.15. The smallest absolute Gasteiger partial charge is 0.341 e. The van der Waals surface area contributed by atoms with Crippen molar-refractivity contribution in [3.63, 3.8) is 0 Å². The monoisotopic (exact) mass is 299 g/mol. The summed E-state index contributed by atoms with van der Waals surface area (Å²) < 4.78 is 4.82. The average molecular weight is 300 g/mol. The second-order valence-electron chi connectivity index (χ2n) is 3.84. The highest BCUT2D eigenvalue weighted by Crippen LogP contribution is 2.12. The summed E-state index contributed by atoms with van der Waals surface area (Å²) >= 11 is 5.72. The van der Waals surface area contributed by atoms with E-state index in [-0.39, 0.29) is 23.2 Å². The number of aromatic nitrogens is 1. The van der Waals surface area contributed by atoms with Gasteiger partial charge in [-0.3, -0.25) is 9.59 Å². The van der Waals surface area contributed by atoms with Crippen LogP contribution < -0.4 is 5.32 Å². The van der Waals surface area contributed by atoms with Crippen molar-refractivity contribution in [2.75, 3.05) is 27.2 Å². The molecule has 0 saturated heterocycles. The van der Waals surface area contributed by atoms with Crippen LogP contribution in [0, 0.1) is 0 Å². The minimum Gasteiger partial charge on any atom is -0.452 e. The Morgan fingerprint density at radius 3 is 2.75 bits per heavy atom. The highest BCUT2D eigenvalue weighted by molar-refractivity contribution is 6.32. The van der Waals surface area contributed by atoms with Crippen molar-refractivity contribution in [3.05, 3.63) is 29.0 Å². The Morgan fingerprint density at radius 1 is 1.45 bits per heavy atom. The van der Waals surface area contributed by atoms with Crippen molar-refractivity contribution in [2.45, 2.75) is 0 Å². The van der Waals surface area contributed by atoms with Crippen LogP contribution in [-0.2, 0) is 14.3 Å². The lowest BCUT2D eigenvalue weighted by molar-refractivity contribution is -0.137. The standard InChI is InChI=1S/C12H14ClN3O4/c1-14-9(17)6-16(2)10(18)7-20-12(19)8-4-3-5-15-11(8)13/h3-5H,6-7H2,1-2H3,(H,14,17). The molecule has 1 rings (SSSR count). The van der Waals surface area contributed by atoms with E-state index in [1.807, 2.05) is 0 Å². The zero-order valence-electron chi connectivity index (χ0n) is 11.1. The number of rotatable bonds is 5. The zero-order valence-corrected chi connectivity index (χ0v) is 11.8. The van der Waals surface area contributed by atoms with Crippen LogP contribution in [0.2, 0.25) is 5.15 Å². The molecule has 0 spiro atoms. The summed E-state index contributed by atoms with van der Waals surface area (Å²) in [5.74, 6) is -1.56. The highest BCUT2D eigenvalue weighted by Gasteiger charge is 2.17. The highest BCUT2D eigenvalue weighted by atomic mass is 35.5. The molecule has 0 radical (unpaired) electrons. The quantitative estimate of drug-likeness (QED) is 0.615. The summed E-state index contributed by atoms with van der Waals surface area (Å²) in [6.07, 6.45) is 1.43. The Bertz CT molecular complexity index is 521. The van der Waals surface area contributed by atoms with E-state index in [4.69, 9.17) is 16.3 Å². The fraction of sp³-hybridized carbons (Fsp3) is 0.333. The Morgan fingerprint density at radius 2 is 2.15 bits per heavy atom. The summed E-state index contributed by atoms with van der Waals surface area (Å²) in [6.45, 7) is -0.585. The van der Waals surface area contributed by atoms with Gasteiger partial charge in [-0.25, -0.2) is 9.78 Å². The van der Waals surface area contributed by atoms with Crippen molar-refractivity contribution in [2.24, 2.45) is 0 Å². The number of likely N-dealkylation sites (N-methyl/N-ethyl adjacent to an activating group) is 2. The number of pyridine rings is 1. The first kappa shape index (κ1) is 15.9. The SMILES string of the molecule is CNC(=O)CN(C)C(=O)COC(=O)c1cccnc1Cl. The number of esters is 1. The molecule has 1 aromatic rings. The minimum absolute atomic E-state index is 0.00339. The van der Waals surface area contributed by atoms with Crippen LogP contribution in [0.1, 0.15) is 10.4 Å². The predicted molar refractivity (Wildman–Crippen MR) is 71.2 cm³/mol. The molecule has 7 nitrogen and oxygen atoms in total. The summed E-state index contributed by atoms with van der Waals surface area (Å²) in [5, 5.41) is 2.39. The molecular weight excluding hydrogens is 286 g/mol. The van der Waals surface area contributed by atoms with E-state index in [9.17, 15) is 14.4 Å². The van der Waals surface area contributed by atoms with Crippen LogP contribution >= 0.6 is 11.6 Å². The van der Waals surface area contributed by atoms with Crippen molar-refractivity contribution in [3.8, 4) is 0 Å². The van der Waals surface area contributed by atoms with E-state index >= 15 is 0 Å². The van der Waals surface area contributed by atoms with Gasteiger partial charge in [0.05, 0.1) is 12.1 Å². The number of carbonyl (C=O) groups excluding carboxylic acids is 3. The number of nitrogens with zero attached hydrogens (tertiary/aromatic N) is 2. The van der Waals surface area contributed by atoms with Gasteiger partial charge in [-0.05, 0) is 12.1 Å². The molecule has 0 aliphatic carbocycles. The predicted octanol–water partition coefficient (Wildman–Crippen LogP) is 0.0962. The second-order valence-corrected chi connectivity index (χ2v) is 4.20. The van der Waals surface area contributed by atoms with Crippen LogP contribution in [0.25, 0.3) is 0 Å². The second kappa shape index (κ2) is 7.44. The first-order chi connectivity index (χ1) is 9.45. The number of hydrogen-bond acceptors (Lipinski definition) is 5. The molecule has 0 atom stereocenters. The molecule has 108 valence electrons. The van der Waals surface area contributed by atoms with Gasteiger partial charge in [0, 0.05) is 20.3 Å². The Labute approximate surface area is 120 Å². The summed E-state index contributed by atoms with van der Waals surface area (Å²) in [6, 6.07) is 2.97.